The SMILES string of the molecule is CCS(=O)(=O)CCCN1CCCCC1CCCl. The Kier molecular flexibility index (Phi) is 6.82. The molecule has 1 heterocycles. The monoisotopic (exact) mass is 281 g/mol. The minimum absolute atomic E-state index is 0.262. The molecule has 1 aliphatic rings. The normalized spacial score (nSPS) is 22.8. The van der Waals surface area contributed by atoms with E-state index in [2.05, 4.69) is 4.90 Å². The lowest BCUT2D eigenvalue weighted by atomic mass is 10.00. The molecule has 3 nitrogen and oxygen atoms in total. The van der Waals surface area contributed by atoms with E-state index in [0.29, 0.717) is 17.7 Å². The number of alkyl halides is 1. The summed E-state index contributed by atoms with van der Waals surface area (Å²) in [5.41, 5.74) is 0. The lowest BCUT2D eigenvalue weighted by Gasteiger charge is -2.35. The number of hydrogen-bond acceptors (Lipinski definition) is 3. The van der Waals surface area contributed by atoms with Gasteiger partial charge in [0.1, 0.15) is 9.84 Å². The molecule has 0 amide bonds. The van der Waals surface area contributed by atoms with Crippen molar-refractivity contribution < 1.29 is 8.42 Å². The van der Waals surface area contributed by atoms with Crippen molar-refractivity contribution >= 4 is 21.4 Å². The zero-order valence-corrected chi connectivity index (χ0v) is 12.3. The zero-order chi connectivity index (χ0) is 12.7. The number of nitrogens with zero attached hydrogens (tertiary/aromatic N) is 1. The third-order valence-electron chi connectivity index (χ3n) is 3.53. The maximum atomic E-state index is 11.4. The van der Waals surface area contributed by atoms with Gasteiger partial charge in [-0.3, -0.25) is 0 Å². The molecule has 0 saturated carbocycles. The van der Waals surface area contributed by atoms with E-state index in [1.165, 1.54) is 19.3 Å². The zero-order valence-electron chi connectivity index (χ0n) is 10.7. The summed E-state index contributed by atoms with van der Waals surface area (Å²) < 4.78 is 22.8. The quantitative estimate of drug-likeness (QED) is 0.672. The highest BCUT2D eigenvalue weighted by Gasteiger charge is 2.21. The molecule has 0 bridgehead atoms. The summed E-state index contributed by atoms with van der Waals surface area (Å²) >= 11 is 5.81. The Morgan fingerprint density at radius 3 is 2.76 bits per heavy atom. The van der Waals surface area contributed by atoms with Crippen molar-refractivity contribution in [1.82, 2.24) is 4.90 Å². The molecule has 1 saturated heterocycles. The second kappa shape index (κ2) is 7.59. The van der Waals surface area contributed by atoms with Gasteiger partial charge in [-0.1, -0.05) is 13.3 Å². The van der Waals surface area contributed by atoms with Gasteiger partial charge < -0.3 is 4.90 Å². The molecule has 1 aliphatic heterocycles. The van der Waals surface area contributed by atoms with Gasteiger partial charge in [-0.05, 0) is 38.8 Å². The first-order valence-electron chi connectivity index (χ1n) is 6.59. The van der Waals surface area contributed by atoms with E-state index in [1.807, 2.05) is 0 Å². The van der Waals surface area contributed by atoms with Crippen LogP contribution in [0.25, 0.3) is 0 Å². The number of hydrogen-bond donors (Lipinski definition) is 0. The Bertz CT molecular complexity index is 304. The number of halogens is 1. The molecule has 1 atom stereocenters. The van der Waals surface area contributed by atoms with Crippen molar-refractivity contribution in [1.29, 1.82) is 0 Å². The van der Waals surface area contributed by atoms with Crippen molar-refractivity contribution in [2.45, 2.75) is 45.1 Å². The largest absolute Gasteiger partial charge is 0.300 e. The van der Waals surface area contributed by atoms with E-state index in [9.17, 15) is 8.42 Å². The maximum Gasteiger partial charge on any atom is 0.150 e. The highest BCUT2D eigenvalue weighted by atomic mass is 35.5. The molecule has 0 aliphatic carbocycles. The third kappa shape index (κ3) is 5.58. The summed E-state index contributed by atoms with van der Waals surface area (Å²) in [5.74, 6) is 1.29. The third-order valence-corrected chi connectivity index (χ3v) is 5.54. The second-order valence-corrected chi connectivity index (χ2v) is 7.60. The fraction of sp³-hybridized carbons (Fsp3) is 1.00. The molecule has 0 spiro atoms. The highest BCUT2D eigenvalue weighted by Crippen LogP contribution is 2.20. The fourth-order valence-corrected chi connectivity index (χ4v) is 3.55. The Balaban J connectivity index is 2.33. The second-order valence-electron chi connectivity index (χ2n) is 4.75. The van der Waals surface area contributed by atoms with E-state index in [-0.39, 0.29) is 5.75 Å². The van der Waals surface area contributed by atoms with Crippen LogP contribution in [0, 0.1) is 0 Å². The van der Waals surface area contributed by atoms with Gasteiger partial charge in [-0.25, -0.2) is 8.42 Å². The molecule has 17 heavy (non-hydrogen) atoms. The van der Waals surface area contributed by atoms with E-state index >= 15 is 0 Å². The Labute approximate surface area is 110 Å². The molecule has 0 aromatic carbocycles. The van der Waals surface area contributed by atoms with Crippen LogP contribution in [0.5, 0.6) is 0 Å². The fourth-order valence-electron chi connectivity index (χ4n) is 2.44. The predicted octanol–water partition coefficient (Wildman–Crippen LogP) is 2.29. The molecular formula is C12H24ClNO2S. The number of rotatable bonds is 7. The summed E-state index contributed by atoms with van der Waals surface area (Å²) in [6.45, 7) is 3.72. The lowest BCUT2D eigenvalue weighted by molar-refractivity contribution is 0.145. The molecule has 5 heteroatoms. The van der Waals surface area contributed by atoms with Gasteiger partial charge in [-0.15, -0.1) is 11.6 Å². The van der Waals surface area contributed by atoms with Gasteiger partial charge in [0.2, 0.25) is 0 Å². The van der Waals surface area contributed by atoms with Crippen LogP contribution >= 0.6 is 11.6 Å². The van der Waals surface area contributed by atoms with Crippen LogP contribution in [0.4, 0.5) is 0 Å². The van der Waals surface area contributed by atoms with Crippen molar-refractivity contribution in [3.8, 4) is 0 Å². The first-order chi connectivity index (χ1) is 8.09. The molecule has 102 valence electrons. The van der Waals surface area contributed by atoms with Gasteiger partial charge in [0.05, 0.1) is 5.75 Å². The number of sulfone groups is 1. The summed E-state index contributed by atoms with van der Waals surface area (Å²) in [6.07, 6.45) is 5.52. The van der Waals surface area contributed by atoms with Crippen LogP contribution < -0.4 is 0 Å². The maximum absolute atomic E-state index is 11.4. The number of likely N-dealkylation sites (tertiary alicyclic amines) is 1. The molecular weight excluding hydrogens is 258 g/mol. The Morgan fingerprint density at radius 1 is 1.35 bits per heavy atom. The Hall–Kier alpha value is 0.200. The topological polar surface area (TPSA) is 37.4 Å². The van der Waals surface area contributed by atoms with Gasteiger partial charge in [0.25, 0.3) is 0 Å². The first-order valence-corrected chi connectivity index (χ1v) is 8.95. The van der Waals surface area contributed by atoms with Crippen LogP contribution in [0.15, 0.2) is 0 Å². The van der Waals surface area contributed by atoms with Crippen LogP contribution in [-0.4, -0.2) is 49.8 Å². The molecule has 1 unspecified atom stereocenters. The van der Waals surface area contributed by atoms with Crippen molar-refractivity contribution in [3.05, 3.63) is 0 Å². The summed E-state index contributed by atoms with van der Waals surface area (Å²) in [6, 6.07) is 0.575. The van der Waals surface area contributed by atoms with Gasteiger partial charge in [-0.2, -0.15) is 0 Å². The molecule has 1 fully saturated rings. The Morgan fingerprint density at radius 2 is 2.12 bits per heavy atom. The highest BCUT2D eigenvalue weighted by molar-refractivity contribution is 7.91. The van der Waals surface area contributed by atoms with E-state index < -0.39 is 9.84 Å². The predicted molar refractivity (Wildman–Crippen MR) is 73.5 cm³/mol. The van der Waals surface area contributed by atoms with Crippen LogP contribution in [-0.2, 0) is 9.84 Å². The molecule has 0 N–H and O–H groups in total. The van der Waals surface area contributed by atoms with E-state index in [4.69, 9.17) is 11.6 Å². The molecule has 1 rings (SSSR count). The molecule has 0 aromatic heterocycles. The smallest absolute Gasteiger partial charge is 0.150 e. The van der Waals surface area contributed by atoms with Crippen LogP contribution in [0.3, 0.4) is 0 Å². The average molecular weight is 282 g/mol. The van der Waals surface area contributed by atoms with Crippen molar-refractivity contribution in [3.63, 3.8) is 0 Å². The van der Waals surface area contributed by atoms with Crippen LogP contribution in [0.2, 0.25) is 0 Å². The molecule has 0 radical (unpaired) electrons. The van der Waals surface area contributed by atoms with Crippen molar-refractivity contribution in [2.24, 2.45) is 0 Å². The summed E-state index contributed by atoms with van der Waals surface area (Å²) in [4.78, 5) is 2.43. The average Bonchev–Trinajstić information content (AvgIpc) is 2.31. The minimum atomic E-state index is -2.80. The summed E-state index contributed by atoms with van der Waals surface area (Å²) in [7, 11) is -2.80. The van der Waals surface area contributed by atoms with Crippen molar-refractivity contribution in [2.75, 3.05) is 30.5 Å². The first kappa shape index (κ1) is 15.3. The lowest BCUT2D eigenvalue weighted by Crippen LogP contribution is -2.40. The molecule has 0 aromatic rings. The van der Waals surface area contributed by atoms with Gasteiger partial charge >= 0.3 is 0 Å². The number of piperidine rings is 1. The van der Waals surface area contributed by atoms with Crippen LogP contribution in [0.1, 0.15) is 39.0 Å². The van der Waals surface area contributed by atoms with E-state index in [0.717, 1.165) is 25.9 Å². The minimum Gasteiger partial charge on any atom is -0.300 e. The summed E-state index contributed by atoms with van der Waals surface area (Å²) in [5, 5.41) is 0. The van der Waals surface area contributed by atoms with Gasteiger partial charge in [0.15, 0.2) is 0 Å². The standard InChI is InChI=1S/C12H24ClNO2S/c1-2-17(15,16)11-5-10-14-9-4-3-6-12(14)7-8-13/h12H,2-11H2,1H3. The van der Waals surface area contributed by atoms with E-state index in [1.54, 1.807) is 6.92 Å². The van der Waals surface area contributed by atoms with Gasteiger partial charge in [0, 0.05) is 17.7 Å².